The number of Topliss-reactive ketones (excluding diaryl/α,β-unsaturated/α-hetero) is 1. The van der Waals surface area contributed by atoms with Gasteiger partial charge in [0.05, 0.1) is 12.5 Å². The maximum atomic E-state index is 11.7. The second kappa shape index (κ2) is 5.13. The number of ketones is 1. The lowest BCUT2D eigenvalue weighted by Crippen LogP contribution is -2.19. The molecular formula is C7H12NO4P. The van der Waals surface area contributed by atoms with E-state index in [1.165, 1.54) is 21.1 Å². The topological polar surface area (TPSA) is 76.4 Å². The maximum absolute atomic E-state index is 11.7. The molecule has 0 N–H and O–H groups in total. The van der Waals surface area contributed by atoms with E-state index < -0.39 is 13.3 Å². The second-order valence-corrected chi connectivity index (χ2v) is 4.83. The molecule has 0 bridgehead atoms. The summed E-state index contributed by atoms with van der Waals surface area (Å²) < 4.78 is 20.9. The van der Waals surface area contributed by atoms with Crippen molar-refractivity contribution in [3.05, 3.63) is 0 Å². The number of rotatable bonds is 5. The minimum absolute atomic E-state index is 0.158. The van der Waals surface area contributed by atoms with E-state index in [9.17, 15) is 9.36 Å². The summed E-state index contributed by atoms with van der Waals surface area (Å²) in [5.74, 6) is -0.367. The van der Waals surface area contributed by atoms with Crippen molar-refractivity contribution in [2.75, 3.05) is 14.2 Å². The molecule has 0 saturated heterocycles. The quantitative estimate of drug-likeness (QED) is 0.633. The Labute approximate surface area is 77.2 Å². The van der Waals surface area contributed by atoms with Gasteiger partial charge >= 0.3 is 7.60 Å². The Kier molecular flexibility index (Phi) is 4.86. The molecule has 5 nitrogen and oxygen atoms in total. The predicted molar refractivity (Wildman–Crippen MR) is 46.3 cm³/mol. The summed E-state index contributed by atoms with van der Waals surface area (Å²) in [6.45, 7) is 1.26. The molecule has 0 aliphatic rings. The fourth-order valence-corrected chi connectivity index (χ4v) is 2.30. The molecule has 0 spiro atoms. The molecule has 0 saturated carbocycles. The van der Waals surface area contributed by atoms with Gasteiger partial charge in [-0.25, -0.2) is 0 Å². The molecule has 0 amide bonds. The van der Waals surface area contributed by atoms with Gasteiger partial charge in [-0.1, -0.05) is 0 Å². The smallest absolute Gasteiger partial charge is 0.311 e. The Balaban J connectivity index is 4.82. The summed E-state index contributed by atoms with van der Waals surface area (Å²) in [6.07, 6.45) is -0.158. The van der Waals surface area contributed by atoms with Crippen LogP contribution in [0.1, 0.15) is 13.3 Å². The SMILES string of the molecule is COP(=O)(OC)C(CC#N)C(C)=O. The number of hydrogen-bond acceptors (Lipinski definition) is 5. The first-order chi connectivity index (χ1) is 6.01. The number of carbonyl (C=O) groups is 1. The average molecular weight is 205 g/mol. The van der Waals surface area contributed by atoms with Crippen molar-refractivity contribution < 1.29 is 18.4 Å². The molecule has 0 aromatic carbocycles. The second-order valence-electron chi connectivity index (χ2n) is 2.39. The van der Waals surface area contributed by atoms with Gasteiger partial charge in [0.1, 0.15) is 11.4 Å². The minimum Gasteiger partial charge on any atom is -0.311 e. The molecule has 0 heterocycles. The van der Waals surface area contributed by atoms with Crippen molar-refractivity contribution in [2.24, 2.45) is 0 Å². The summed E-state index contributed by atoms with van der Waals surface area (Å²) in [5, 5.41) is 8.41. The molecule has 0 fully saturated rings. The van der Waals surface area contributed by atoms with Gasteiger partial charge in [-0.15, -0.1) is 0 Å². The first kappa shape index (κ1) is 12.3. The zero-order valence-electron chi connectivity index (χ0n) is 7.81. The number of carbonyl (C=O) groups excluding carboxylic acids is 1. The zero-order chi connectivity index (χ0) is 10.5. The highest BCUT2D eigenvalue weighted by molar-refractivity contribution is 7.55. The lowest BCUT2D eigenvalue weighted by atomic mass is 10.2. The van der Waals surface area contributed by atoms with E-state index >= 15 is 0 Å². The normalized spacial score (nSPS) is 13.4. The van der Waals surface area contributed by atoms with E-state index in [2.05, 4.69) is 9.05 Å². The maximum Gasteiger partial charge on any atom is 0.341 e. The monoisotopic (exact) mass is 205 g/mol. The van der Waals surface area contributed by atoms with Crippen molar-refractivity contribution >= 4 is 13.4 Å². The summed E-state index contributed by atoms with van der Waals surface area (Å²) in [5.41, 5.74) is -0.979. The number of nitrogens with zero attached hydrogens (tertiary/aromatic N) is 1. The third kappa shape index (κ3) is 2.92. The lowest BCUT2D eigenvalue weighted by molar-refractivity contribution is -0.116. The van der Waals surface area contributed by atoms with E-state index in [1.807, 2.05) is 0 Å². The minimum atomic E-state index is -3.44. The Morgan fingerprint density at radius 1 is 1.54 bits per heavy atom. The van der Waals surface area contributed by atoms with Crippen LogP contribution in [0, 0.1) is 11.3 Å². The Morgan fingerprint density at radius 3 is 2.23 bits per heavy atom. The summed E-state index contributed by atoms with van der Waals surface area (Å²) >= 11 is 0. The molecule has 0 rings (SSSR count). The summed E-state index contributed by atoms with van der Waals surface area (Å²) in [7, 11) is -1.05. The van der Waals surface area contributed by atoms with Crippen LogP contribution in [0.4, 0.5) is 0 Å². The van der Waals surface area contributed by atoms with Crippen LogP contribution in [0.15, 0.2) is 0 Å². The van der Waals surface area contributed by atoms with Gasteiger partial charge in [0.15, 0.2) is 0 Å². The summed E-state index contributed by atoms with van der Waals surface area (Å²) in [6, 6.07) is 1.77. The molecule has 1 unspecified atom stereocenters. The predicted octanol–water partition coefficient (Wildman–Crippen LogP) is 1.34. The van der Waals surface area contributed by atoms with E-state index in [4.69, 9.17) is 5.26 Å². The van der Waals surface area contributed by atoms with Gasteiger partial charge in [-0.3, -0.25) is 9.36 Å². The van der Waals surface area contributed by atoms with Crippen molar-refractivity contribution in [1.82, 2.24) is 0 Å². The van der Waals surface area contributed by atoms with Crippen LogP contribution in [0.3, 0.4) is 0 Å². The highest BCUT2D eigenvalue weighted by Gasteiger charge is 2.37. The Hall–Kier alpha value is -0.690. The average Bonchev–Trinajstić information content (AvgIpc) is 2.12. The molecule has 6 heteroatoms. The molecule has 0 aromatic heterocycles. The van der Waals surface area contributed by atoms with Gasteiger partial charge in [0.2, 0.25) is 0 Å². The van der Waals surface area contributed by atoms with Gasteiger partial charge in [0.25, 0.3) is 0 Å². The molecular weight excluding hydrogens is 193 g/mol. The van der Waals surface area contributed by atoms with Crippen LogP contribution in [0.25, 0.3) is 0 Å². The fraction of sp³-hybridized carbons (Fsp3) is 0.714. The largest absolute Gasteiger partial charge is 0.341 e. The van der Waals surface area contributed by atoms with Crippen molar-refractivity contribution in [2.45, 2.75) is 19.0 Å². The van der Waals surface area contributed by atoms with Gasteiger partial charge in [-0.2, -0.15) is 5.26 Å². The van der Waals surface area contributed by atoms with E-state index in [0.717, 1.165) is 0 Å². The van der Waals surface area contributed by atoms with E-state index in [-0.39, 0.29) is 12.2 Å². The molecule has 0 aliphatic heterocycles. The first-order valence-electron chi connectivity index (χ1n) is 3.60. The molecule has 13 heavy (non-hydrogen) atoms. The van der Waals surface area contributed by atoms with Crippen LogP contribution in [-0.4, -0.2) is 25.7 Å². The third-order valence-corrected chi connectivity index (χ3v) is 3.97. The van der Waals surface area contributed by atoms with E-state index in [1.54, 1.807) is 6.07 Å². The van der Waals surface area contributed by atoms with Crippen molar-refractivity contribution in [3.8, 4) is 6.07 Å². The van der Waals surface area contributed by atoms with Crippen molar-refractivity contribution in [1.29, 1.82) is 5.26 Å². The van der Waals surface area contributed by atoms with Gasteiger partial charge in [-0.05, 0) is 6.92 Å². The Bertz CT molecular complexity index is 262. The highest BCUT2D eigenvalue weighted by Crippen LogP contribution is 2.52. The number of nitriles is 1. The molecule has 0 aromatic rings. The number of hydrogen-bond donors (Lipinski definition) is 0. The Morgan fingerprint density at radius 2 is 2.00 bits per heavy atom. The molecule has 74 valence electrons. The van der Waals surface area contributed by atoms with Crippen LogP contribution in [0.2, 0.25) is 0 Å². The fourth-order valence-electron chi connectivity index (χ4n) is 0.894. The molecule has 0 radical (unpaired) electrons. The third-order valence-electron chi connectivity index (χ3n) is 1.64. The molecule has 1 atom stereocenters. The highest BCUT2D eigenvalue weighted by atomic mass is 31.2. The van der Waals surface area contributed by atoms with Crippen LogP contribution >= 0.6 is 7.60 Å². The van der Waals surface area contributed by atoms with Crippen molar-refractivity contribution in [3.63, 3.8) is 0 Å². The van der Waals surface area contributed by atoms with Crippen LogP contribution in [-0.2, 0) is 18.4 Å². The first-order valence-corrected chi connectivity index (χ1v) is 5.21. The van der Waals surface area contributed by atoms with Gasteiger partial charge < -0.3 is 9.05 Å². The van der Waals surface area contributed by atoms with E-state index in [0.29, 0.717) is 0 Å². The zero-order valence-corrected chi connectivity index (χ0v) is 8.71. The molecule has 0 aliphatic carbocycles. The van der Waals surface area contributed by atoms with Crippen LogP contribution < -0.4 is 0 Å². The lowest BCUT2D eigenvalue weighted by Gasteiger charge is -2.19. The van der Waals surface area contributed by atoms with Crippen LogP contribution in [0.5, 0.6) is 0 Å². The standard InChI is InChI=1S/C7H12NO4P/c1-6(9)7(4-5-8)13(10,11-2)12-3/h7H,4H2,1-3H3. The van der Waals surface area contributed by atoms with Gasteiger partial charge in [0, 0.05) is 14.2 Å². The summed E-state index contributed by atoms with van der Waals surface area (Å²) in [4.78, 5) is 11.0.